The van der Waals surface area contributed by atoms with Gasteiger partial charge in [0.05, 0.1) is 11.6 Å². The van der Waals surface area contributed by atoms with Crippen molar-refractivity contribution in [1.29, 1.82) is 0 Å². The fraction of sp³-hybridized carbons (Fsp3) is 0.350. The summed E-state index contributed by atoms with van der Waals surface area (Å²) in [5.41, 5.74) is 0.715. The molecule has 1 N–H and O–H groups in total. The Bertz CT molecular complexity index is 905. The molecule has 1 aliphatic rings. The van der Waals surface area contributed by atoms with Crippen molar-refractivity contribution in [1.82, 2.24) is 5.32 Å². The molecule has 0 bridgehead atoms. The maximum absolute atomic E-state index is 13.5. The molecular weight excluding hydrogens is 395 g/mol. The molecule has 0 spiro atoms. The van der Waals surface area contributed by atoms with Crippen LogP contribution in [0, 0.1) is 17.5 Å². The van der Waals surface area contributed by atoms with E-state index in [1.807, 2.05) is 0 Å². The lowest BCUT2D eigenvalue weighted by molar-refractivity contribution is 0.0506. The summed E-state index contributed by atoms with van der Waals surface area (Å²) in [6.45, 7) is 5.49. The van der Waals surface area contributed by atoms with Crippen LogP contribution < -0.4 is 10.1 Å². The number of hydrogen-bond donors (Lipinski definition) is 1. The molecule has 0 aromatic heterocycles. The highest BCUT2D eigenvalue weighted by molar-refractivity contribution is 6.32. The molecule has 1 amide bonds. The van der Waals surface area contributed by atoms with Gasteiger partial charge in [-0.05, 0) is 56.2 Å². The van der Waals surface area contributed by atoms with Gasteiger partial charge in [0.15, 0.2) is 17.5 Å². The second kappa shape index (κ2) is 7.54. The molecule has 150 valence electrons. The molecular formula is C20H19ClF3NO3. The van der Waals surface area contributed by atoms with Gasteiger partial charge in [-0.25, -0.2) is 18.0 Å². The minimum atomic E-state index is -1.52. The summed E-state index contributed by atoms with van der Waals surface area (Å²) in [5, 5.41) is 2.89. The Hall–Kier alpha value is -2.41. The lowest BCUT2D eigenvalue weighted by atomic mass is 10.0. The van der Waals surface area contributed by atoms with Gasteiger partial charge < -0.3 is 14.8 Å². The molecule has 28 heavy (non-hydrogen) atoms. The van der Waals surface area contributed by atoms with Gasteiger partial charge in [0, 0.05) is 12.0 Å². The number of amides is 1. The van der Waals surface area contributed by atoms with Crippen molar-refractivity contribution >= 4 is 17.7 Å². The molecule has 0 saturated carbocycles. The third-order valence-corrected chi connectivity index (χ3v) is 4.32. The van der Waals surface area contributed by atoms with E-state index in [0.717, 1.165) is 17.7 Å². The molecule has 3 rings (SSSR count). The summed E-state index contributed by atoms with van der Waals surface area (Å²) in [5.74, 6) is -3.62. The van der Waals surface area contributed by atoms with E-state index in [1.54, 1.807) is 26.8 Å². The van der Waals surface area contributed by atoms with Crippen molar-refractivity contribution < 1.29 is 27.4 Å². The molecule has 2 aromatic carbocycles. The quantitative estimate of drug-likeness (QED) is 0.699. The fourth-order valence-corrected chi connectivity index (χ4v) is 3.19. The number of rotatable bonds is 3. The maximum Gasteiger partial charge on any atom is 0.407 e. The van der Waals surface area contributed by atoms with Gasteiger partial charge in [0.1, 0.15) is 17.5 Å². The molecule has 1 aliphatic heterocycles. The second-order valence-corrected chi connectivity index (χ2v) is 7.93. The second-order valence-electron chi connectivity index (χ2n) is 7.53. The van der Waals surface area contributed by atoms with E-state index in [2.05, 4.69) is 5.32 Å². The van der Waals surface area contributed by atoms with Crippen LogP contribution in [0.15, 0.2) is 24.3 Å². The third kappa shape index (κ3) is 4.52. The van der Waals surface area contributed by atoms with Crippen molar-refractivity contribution in [3.63, 3.8) is 0 Å². The smallest absolute Gasteiger partial charge is 0.407 e. The summed E-state index contributed by atoms with van der Waals surface area (Å²) >= 11 is 6.25. The Balaban J connectivity index is 1.74. The Kier molecular flexibility index (Phi) is 5.48. The standard InChI is InChI=1S/C20H19ClF3NO3/c1-20(2,3)28-19(26)25-9-13-5-12-4-10(6-14(21)18(12)27-13)11-7-15(22)17(24)16(23)8-11/h4,6-8,13H,5,9H2,1-3H3,(H,25,26). The van der Waals surface area contributed by atoms with Gasteiger partial charge in [-0.15, -0.1) is 0 Å². The first-order valence-electron chi connectivity index (χ1n) is 8.64. The molecule has 4 nitrogen and oxygen atoms in total. The highest BCUT2D eigenvalue weighted by atomic mass is 35.5. The minimum absolute atomic E-state index is 0.163. The summed E-state index contributed by atoms with van der Waals surface area (Å²) in [4.78, 5) is 11.8. The zero-order chi connectivity index (χ0) is 20.6. The fourth-order valence-electron chi connectivity index (χ4n) is 2.90. The number of ether oxygens (including phenoxy) is 2. The summed E-state index contributed by atoms with van der Waals surface area (Å²) in [6, 6.07) is 5.00. The molecule has 0 fully saturated rings. The van der Waals surface area contributed by atoms with Crippen LogP contribution >= 0.6 is 11.6 Å². The van der Waals surface area contributed by atoms with Crippen molar-refractivity contribution in [2.75, 3.05) is 6.54 Å². The molecule has 1 atom stereocenters. The molecule has 2 aromatic rings. The zero-order valence-corrected chi connectivity index (χ0v) is 16.3. The average molecular weight is 414 g/mol. The Morgan fingerprint density at radius 2 is 1.79 bits per heavy atom. The van der Waals surface area contributed by atoms with Crippen LogP contribution in [-0.2, 0) is 11.2 Å². The Morgan fingerprint density at radius 3 is 2.39 bits per heavy atom. The summed E-state index contributed by atoms with van der Waals surface area (Å²) in [6.07, 6.45) is -0.488. The first kappa shape index (κ1) is 20.3. The monoisotopic (exact) mass is 413 g/mol. The Labute approximate surface area is 165 Å². The van der Waals surface area contributed by atoms with Crippen molar-refractivity contribution in [3.8, 4) is 16.9 Å². The van der Waals surface area contributed by atoms with Gasteiger partial charge in [0.25, 0.3) is 0 Å². The number of benzene rings is 2. The van der Waals surface area contributed by atoms with Crippen LogP contribution in [0.25, 0.3) is 11.1 Å². The summed E-state index contributed by atoms with van der Waals surface area (Å²) < 4.78 is 51.2. The number of alkyl carbamates (subject to hydrolysis) is 1. The maximum atomic E-state index is 13.5. The van der Waals surface area contributed by atoms with Gasteiger partial charge in [-0.1, -0.05) is 11.6 Å². The molecule has 1 unspecified atom stereocenters. The van der Waals surface area contributed by atoms with E-state index in [4.69, 9.17) is 21.1 Å². The van der Waals surface area contributed by atoms with Crippen LogP contribution in [0.1, 0.15) is 26.3 Å². The zero-order valence-electron chi connectivity index (χ0n) is 15.5. The summed E-state index contributed by atoms with van der Waals surface area (Å²) in [7, 11) is 0. The molecule has 0 saturated heterocycles. The van der Waals surface area contributed by atoms with Crippen LogP contribution in [0.4, 0.5) is 18.0 Å². The van der Waals surface area contributed by atoms with Gasteiger partial charge in [0.2, 0.25) is 0 Å². The van der Waals surface area contributed by atoms with Gasteiger partial charge in [-0.2, -0.15) is 0 Å². The van der Waals surface area contributed by atoms with Gasteiger partial charge in [-0.3, -0.25) is 0 Å². The topological polar surface area (TPSA) is 47.6 Å². The SMILES string of the molecule is CC(C)(C)OC(=O)NCC1Cc2cc(-c3cc(F)c(F)c(F)c3)cc(Cl)c2O1. The first-order valence-corrected chi connectivity index (χ1v) is 9.02. The van der Waals surface area contributed by atoms with Crippen LogP contribution in [0.2, 0.25) is 5.02 Å². The van der Waals surface area contributed by atoms with Crippen LogP contribution in [0.3, 0.4) is 0 Å². The minimum Gasteiger partial charge on any atom is -0.486 e. The molecule has 0 radical (unpaired) electrons. The lowest BCUT2D eigenvalue weighted by Gasteiger charge is -2.20. The van der Waals surface area contributed by atoms with E-state index in [0.29, 0.717) is 17.7 Å². The number of halogens is 4. The average Bonchev–Trinajstić information content (AvgIpc) is 2.99. The van der Waals surface area contributed by atoms with Crippen molar-refractivity contribution in [2.24, 2.45) is 0 Å². The lowest BCUT2D eigenvalue weighted by Crippen LogP contribution is -2.38. The van der Waals surface area contributed by atoms with E-state index in [1.165, 1.54) is 6.07 Å². The third-order valence-electron chi connectivity index (χ3n) is 4.04. The van der Waals surface area contributed by atoms with E-state index >= 15 is 0 Å². The first-order chi connectivity index (χ1) is 13.0. The predicted octanol–water partition coefficient (Wildman–Crippen LogP) is 5.25. The number of nitrogens with one attached hydrogen (secondary N) is 1. The largest absolute Gasteiger partial charge is 0.486 e. The number of carbonyl (C=O) groups excluding carboxylic acids is 1. The predicted molar refractivity (Wildman–Crippen MR) is 99.1 cm³/mol. The normalized spacial score (nSPS) is 15.8. The van der Waals surface area contributed by atoms with Crippen molar-refractivity contribution in [3.05, 3.63) is 52.3 Å². The highest BCUT2D eigenvalue weighted by Crippen LogP contribution is 2.40. The van der Waals surface area contributed by atoms with Crippen molar-refractivity contribution in [2.45, 2.75) is 38.9 Å². The number of carbonyl (C=O) groups is 1. The highest BCUT2D eigenvalue weighted by Gasteiger charge is 2.27. The number of hydrogen-bond acceptors (Lipinski definition) is 3. The Morgan fingerprint density at radius 1 is 1.18 bits per heavy atom. The van der Waals surface area contributed by atoms with E-state index in [-0.39, 0.29) is 23.2 Å². The molecule has 1 heterocycles. The van der Waals surface area contributed by atoms with E-state index in [9.17, 15) is 18.0 Å². The number of fused-ring (bicyclic) bond motifs is 1. The van der Waals surface area contributed by atoms with E-state index < -0.39 is 29.1 Å². The van der Waals surface area contributed by atoms with Crippen LogP contribution in [-0.4, -0.2) is 24.3 Å². The molecule has 8 heteroatoms. The molecule has 0 aliphatic carbocycles. The van der Waals surface area contributed by atoms with Crippen LogP contribution in [0.5, 0.6) is 5.75 Å². The van der Waals surface area contributed by atoms with Gasteiger partial charge >= 0.3 is 6.09 Å².